The fraction of sp³-hybridized carbons (Fsp3) is 0.263. The van der Waals surface area contributed by atoms with Gasteiger partial charge in [-0.05, 0) is 17.7 Å². The van der Waals surface area contributed by atoms with Crippen LogP contribution < -0.4 is 0 Å². The van der Waals surface area contributed by atoms with Gasteiger partial charge in [-0.15, -0.1) is 5.10 Å². The minimum atomic E-state index is -0.0871. The molecular weight excluding hydrogens is 364 g/mol. The Hall–Kier alpha value is -2.93. The Morgan fingerprint density at radius 3 is 2.70 bits per heavy atom. The van der Waals surface area contributed by atoms with Crippen molar-refractivity contribution in [2.75, 3.05) is 6.54 Å². The molecule has 27 heavy (non-hydrogen) atoms. The van der Waals surface area contributed by atoms with Gasteiger partial charge in [0, 0.05) is 32.6 Å². The first kappa shape index (κ1) is 17.5. The van der Waals surface area contributed by atoms with E-state index >= 15 is 0 Å². The van der Waals surface area contributed by atoms with Crippen molar-refractivity contribution in [3.8, 4) is 0 Å². The Kier molecular flexibility index (Phi) is 4.53. The number of fused-ring (bicyclic) bond motifs is 1. The molecular formula is C19H19ClN6O. The van der Waals surface area contributed by atoms with Crippen LogP contribution in [-0.4, -0.2) is 42.1 Å². The SMILES string of the molecule is Cn1nncc1C=CCN1C(=O)c2ccccc2C1Cc1c(Cl)cnn1C. The number of hydrogen-bond acceptors (Lipinski definition) is 4. The fourth-order valence-electron chi connectivity index (χ4n) is 3.46. The highest BCUT2D eigenvalue weighted by molar-refractivity contribution is 6.31. The van der Waals surface area contributed by atoms with Gasteiger partial charge in [-0.2, -0.15) is 5.10 Å². The van der Waals surface area contributed by atoms with Gasteiger partial charge in [-0.3, -0.25) is 9.48 Å². The second kappa shape index (κ2) is 7.00. The van der Waals surface area contributed by atoms with Gasteiger partial charge in [0.2, 0.25) is 0 Å². The number of halogens is 1. The van der Waals surface area contributed by atoms with Crippen LogP contribution in [0.15, 0.2) is 42.7 Å². The van der Waals surface area contributed by atoms with Crippen molar-refractivity contribution < 1.29 is 4.79 Å². The summed E-state index contributed by atoms with van der Waals surface area (Å²) in [5.41, 5.74) is 3.56. The summed E-state index contributed by atoms with van der Waals surface area (Å²) in [5, 5.41) is 12.6. The second-order valence-electron chi connectivity index (χ2n) is 6.51. The Morgan fingerprint density at radius 1 is 1.19 bits per heavy atom. The van der Waals surface area contributed by atoms with Crippen molar-refractivity contribution >= 4 is 23.6 Å². The summed E-state index contributed by atoms with van der Waals surface area (Å²) in [6.07, 6.45) is 7.81. The zero-order valence-corrected chi connectivity index (χ0v) is 15.8. The van der Waals surface area contributed by atoms with E-state index in [-0.39, 0.29) is 11.9 Å². The monoisotopic (exact) mass is 382 g/mol. The Balaban J connectivity index is 1.63. The molecule has 1 aromatic carbocycles. The van der Waals surface area contributed by atoms with Gasteiger partial charge in [0.05, 0.1) is 34.8 Å². The number of aromatic nitrogens is 5. The largest absolute Gasteiger partial charge is 0.327 e. The predicted octanol–water partition coefficient (Wildman–Crippen LogP) is 2.66. The van der Waals surface area contributed by atoms with Crippen LogP contribution in [0, 0.1) is 0 Å². The molecule has 0 N–H and O–H groups in total. The average Bonchev–Trinajstić information content (AvgIpc) is 3.30. The third-order valence-electron chi connectivity index (χ3n) is 4.92. The first-order chi connectivity index (χ1) is 13.1. The molecule has 1 aliphatic heterocycles. The molecule has 0 saturated carbocycles. The van der Waals surface area contributed by atoms with Gasteiger partial charge in [0.25, 0.3) is 5.91 Å². The van der Waals surface area contributed by atoms with E-state index in [0.717, 1.165) is 22.5 Å². The number of aryl methyl sites for hydroxylation is 2. The lowest BCUT2D eigenvalue weighted by Gasteiger charge is -2.24. The maximum atomic E-state index is 13.0. The van der Waals surface area contributed by atoms with E-state index in [1.165, 1.54) is 0 Å². The quantitative estimate of drug-likeness (QED) is 0.680. The summed E-state index contributed by atoms with van der Waals surface area (Å²) in [5.74, 6) is 0.0293. The summed E-state index contributed by atoms with van der Waals surface area (Å²) < 4.78 is 3.45. The van der Waals surface area contributed by atoms with Crippen LogP contribution in [0.5, 0.6) is 0 Å². The lowest BCUT2D eigenvalue weighted by atomic mass is 10.0. The van der Waals surface area contributed by atoms with Crippen LogP contribution in [0.2, 0.25) is 5.02 Å². The fourth-order valence-corrected chi connectivity index (χ4v) is 3.70. The van der Waals surface area contributed by atoms with E-state index in [0.29, 0.717) is 18.0 Å². The number of benzene rings is 1. The predicted molar refractivity (Wildman–Crippen MR) is 102 cm³/mol. The van der Waals surface area contributed by atoms with Crippen LogP contribution in [0.4, 0.5) is 0 Å². The maximum absolute atomic E-state index is 13.0. The van der Waals surface area contributed by atoms with Crippen LogP contribution in [0.3, 0.4) is 0 Å². The van der Waals surface area contributed by atoms with Crippen molar-refractivity contribution in [3.63, 3.8) is 0 Å². The van der Waals surface area contributed by atoms with E-state index in [1.54, 1.807) is 21.8 Å². The number of carbonyl (C=O) groups is 1. The van der Waals surface area contributed by atoms with Gasteiger partial charge >= 0.3 is 0 Å². The molecule has 0 saturated heterocycles. The van der Waals surface area contributed by atoms with E-state index in [1.807, 2.05) is 55.4 Å². The molecule has 3 aromatic rings. The average molecular weight is 383 g/mol. The highest BCUT2D eigenvalue weighted by atomic mass is 35.5. The Bertz CT molecular complexity index is 1000. The summed E-state index contributed by atoms with van der Waals surface area (Å²) >= 11 is 6.31. The van der Waals surface area contributed by atoms with Crippen molar-refractivity contribution in [3.05, 3.63) is 70.3 Å². The standard InChI is InChI=1S/C19H19ClN6O/c1-24-13(11-21-23-24)6-5-9-26-17(10-18-16(20)12-22-25(18)2)14-7-3-4-8-15(14)19(26)27/h3-8,11-12,17H,9-10H2,1-2H3. The van der Waals surface area contributed by atoms with E-state index in [2.05, 4.69) is 15.4 Å². The summed E-state index contributed by atoms with van der Waals surface area (Å²) in [6, 6.07) is 7.66. The molecule has 0 radical (unpaired) electrons. The van der Waals surface area contributed by atoms with Crippen molar-refractivity contribution in [1.82, 2.24) is 29.7 Å². The molecule has 1 unspecified atom stereocenters. The zero-order valence-electron chi connectivity index (χ0n) is 15.1. The molecule has 1 aliphatic rings. The molecule has 1 atom stereocenters. The summed E-state index contributed by atoms with van der Waals surface area (Å²) in [7, 11) is 3.69. The van der Waals surface area contributed by atoms with Gasteiger partial charge in [0.15, 0.2) is 0 Å². The number of nitrogens with zero attached hydrogens (tertiary/aromatic N) is 6. The summed E-state index contributed by atoms with van der Waals surface area (Å²) in [4.78, 5) is 14.8. The van der Waals surface area contributed by atoms with Crippen LogP contribution in [-0.2, 0) is 20.5 Å². The maximum Gasteiger partial charge on any atom is 0.255 e. The number of amides is 1. The molecule has 0 aliphatic carbocycles. The smallest absolute Gasteiger partial charge is 0.255 e. The number of hydrogen-bond donors (Lipinski definition) is 0. The van der Waals surface area contributed by atoms with Gasteiger partial charge in [-0.1, -0.05) is 41.1 Å². The topological polar surface area (TPSA) is 68.8 Å². The second-order valence-corrected chi connectivity index (χ2v) is 6.92. The third kappa shape index (κ3) is 3.14. The molecule has 1 amide bonds. The lowest BCUT2D eigenvalue weighted by molar-refractivity contribution is 0.0746. The normalized spacial score (nSPS) is 16.5. The van der Waals surface area contributed by atoms with Gasteiger partial charge in [0.1, 0.15) is 0 Å². The molecule has 0 bridgehead atoms. The van der Waals surface area contributed by atoms with Crippen molar-refractivity contribution in [1.29, 1.82) is 0 Å². The zero-order chi connectivity index (χ0) is 19.0. The van der Waals surface area contributed by atoms with Crippen LogP contribution in [0.25, 0.3) is 6.08 Å². The molecule has 0 fully saturated rings. The van der Waals surface area contributed by atoms with E-state index in [9.17, 15) is 4.79 Å². The molecule has 3 heterocycles. The van der Waals surface area contributed by atoms with Crippen molar-refractivity contribution in [2.45, 2.75) is 12.5 Å². The van der Waals surface area contributed by atoms with Crippen LogP contribution >= 0.6 is 11.6 Å². The number of rotatable bonds is 5. The summed E-state index contributed by atoms with van der Waals surface area (Å²) in [6.45, 7) is 0.485. The third-order valence-corrected chi connectivity index (χ3v) is 5.24. The van der Waals surface area contributed by atoms with Gasteiger partial charge in [-0.25, -0.2) is 4.68 Å². The van der Waals surface area contributed by atoms with Crippen molar-refractivity contribution in [2.24, 2.45) is 14.1 Å². The minimum absolute atomic E-state index is 0.0293. The lowest BCUT2D eigenvalue weighted by Crippen LogP contribution is -2.30. The molecule has 7 nitrogen and oxygen atoms in total. The minimum Gasteiger partial charge on any atom is -0.327 e. The molecule has 138 valence electrons. The van der Waals surface area contributed by atoms with Crippen LogP contribution in [0.1, 0.15) is 33.4 Å². The highest BCUT2D eigenvalue weighted by Gasteiger charge is 2.36. The molecule has 8 heteroatoms. The van der Waals surface area contributed by atoms with E-state index in [4.69, 9.17) is 11.6 Å². The Morgan fingerprint density at radius 2 is 2.00 bits per heavy atom. The number of carbonyl (C=O) groups excluding carboxylic acids is 1. The first-order valence-electron chi connectivity index (χ1n) is 8.63. The van der Waals surface area contributed by atoms with E-state index < -0.39 is 0 Å². The molecule has 4 rings (SSSR count). The molecule has 2 aromatic heterocycles. The molecule has 0 spiro atoms. The van der Waals surface area contributed by atoms with Gasteiger partial charge < -0.3 is 4.90 Å². The highest BCUT2D eigenvalue weighted by Crippen LogP contribution is 2.36. The Labute approximate surface area is 161 Å². The first-order valence-corrected chi connectivity index (χ1v) is 9.01.